The average Bonchev–Trinajstić information content (AvgIpc) is 2.24. The van der Waals surface area contributed by atoms with E-state index in [-0.39, 0.29) is 12.1 Å². The van der Waals surface area contributed by atoms with Crippen LogP contribution >= 0.6 is 0 Å². The fraction of sp³-hybridized carbons (Fsp3) is 0.417. The van der Waals surface area contributed by atoms with Gasteiger partial charge in [-0.2, -0.15) is 0 Å². The largest absolute Gasteiger partial charge is 0.488 e. The molecule has 0 aliphatic carbocycles. The van der Waals surface area contributed by atoms with E-state index in [2.05, 4.69) is 5.32 Å². The Morgan fingerprint density at radius 3 is 2.28 bits per heavy atom. The number of nitrogens with one attached hydrogen (secondary N) is 1. The molecule has 0 radical (unpaired) electrons. The fourth-order valence-electron chi connectivity index (χ4n) is 1.28. The number of hydrogen-bond acceptors (Lipinski definition) is 4. The molecule has 0 heterocycles. The van der Waals surface area contributed by atoms with E-state index in [9.17, 15) is 4.79 Å². The van der Waals surface area contributed by atoms with Gasteiger partial charge in [0.15, 0.2) is 0 Å². The summed E-state index contributed by atoms with van der Waals surface area (Å²) in [6, 6.07) is 6.51. The lowest BCUT2D eigenvalue weighted by atomic mass is 9.80. The lowest BCUT2D eigenvalue weighted by Crippen LogP contribution is -2.40. The molecule has 0 atom stereocenters. The molecule has 0 fully saturated rings. The molecule has 0 aromatic heterocycles. The summed E-state index contributed by atoms with van der Waals surface area (Å²) in [6.45, 7) is 5.74. The van der Waals surface area contributed by atoms with Gasteiger partial charge < -0.3 is 20.1 Å². The van der Waals surface area contributed by atoms with Gasteiger partial charge in [0.25, 0.3) is 0 Å². The van der Waals surface area contributed by atoms with Crippen molar-refractivity contribution >= 4 is 18.7 Å². The lowest BCUT2D eigenvalue weighted by molar-refractivity contribution is 0.131. The Balaban J connectivity index is 2.46. The molecule has 1 amide bonds. The van der Waals surface area contributed by atoms with Crippen molar-refractivity contribution in [2.24, 2.45) is 0 Å². The number of ether oxygens (including phenoxy) is 1. The Morgan fingerprint density at radius 1 is 1.28 bits per heavy atom. The third-order valence-corrected chi connectivity index (χ3v) is 2.12. The van der Waals surface area contributed by atoms with Crippen LogP contribution < -0.4 is 10.8 Å². The van der Waals surface area contributed by atoms with Crippen molar-refractivity contribution in [1.29, 1.82) is 0 Å². The van der Waals surface area contributed by atoms with Crippen molar-refractivity contribution in [3.63, 3.8) is 0 Å². The molecular weight excluding hydrogens is 233 g/mol. The van der Waals surface area contributed by atoms with Gasteiger partial charge in [-0.15, -0.1) is 0 Å². The highest BCUT2D eigenvalue weighted by atomic mass is 16.5. The van der Waals surface area contributed by atoms with E-state index in [4.69, 9.17) is 14.8 Å². The smallest absolute Gasteiger partial charge is 0.445 e. The molecule has 1 aromatic carbocycles. The van der Waals surface area contributed by atoms with Crippen molar-refractivity contribution in [2.45, 2.75) is 32.9 Å². The third-order valence-electron chi connectivity index (χ3n) is 2.12. The molecule has 0 spiro atoms. The number of carbonyl (C=O) groups is 1. The highest BCUT2D eigenvalue weighted by Crippen LogP contribution is 2.03. The first-order valence-corrected chi connectivity index (χ1v) is 5.68. The van der Waals surface area contributed by atoms with Gasteiger partial charge in [0, 0.05) is 5.54 Å². The van der Waals surface area contributed by atoms with Crippen molar-refractivity contribution in [1.82, 2.24) is 5.32 Å². The predicted molar refractivity (Wildman–Crippen MR) is 69.3 cm³/mol. The molecule has 1 aromatic rings. The number of amides is 1. The van der Waals surface area contributed by atoms with Gasteiger partial charge in [0.05, 0.1) is 0 Å². The summed E-state index contributed by atoms with van der Waals surface area (Å²) in [5.41, 5.74) is 0.850. The maximum absolute atomic E-state index is 11.4. The van der Waals surface area contributed by atoms with Gasteiger partial charge in [-0.1, -0.05) is 24.3 Å². The number of rotatable bonds is 3. The van der Waals surface area contributed by atoms with Crippen LogP contribution in [0.25, 0.3) is 0 Å². The molecule has 0 saturated carbocycles. The Morgan fingerprint density at radius 2 is 1.83 bits per heavy atom. The zero-order valence-corrected chi connectivity index (χ0v) is 10.8. The number of alkyl carbamates (subject to hydrolysis) is 1. The third kappa shape index (κ3) is 5.20. The number of benzene rings is 1. The SMILES string of the molecule is CC(C)(C)NC(=O)OCc1ccc(B(O)O)cc1. The standard InChI is InChI=1S/C12H18BNO4/c1-12(2,3)14-11(15)18-8-9-4-6-10(7-5-9)13(16)17/h4-7,16-17H,8H2,1-3H3,(H,14,15). The molecule has 5 nitrogen and oxygen atoms in total. The van der Waals surface area contributed by atoms with Crippen molar-refractivity contribution in [3.8, 4) is 0 Å². The van der Waals surface area contributed by atoms with Crippen LogP contribution in [-0.2, 0) is 11.3 Å². The summed E-state index contributed by atoms with van der Waals surface area (Å²) >= 11 is 0. The van der Waals surface area contributed by atoms with E-state index in [1.54, 1.807) is 24.3 Å². The molecule has 0 aliphatic rings. The normalized spacial score (nSPS) is 10.9. The van der Waals surface area contributed by atoms with Crippen molar-refractivity contribution < 1.29 is 19.6 Å². The summed E-state index contributed by atoms with van der Waals surface area (Å²) in [7, 11) is -1.48. The fourth-order valence-corrected chi connectivity index (χ4v) is 1.28. The second-order valence-corrected chi connectivity index (χ2v) is 5.07. The zero-order valence-electron chi connectivity index (χ0n) is 10.8. The minimum Gasteiger partial charge on any atom is -0.445 e. The maximum atomic E-state index is 11.4. The highest BCUT2D eigenvalue weighted by molar-refractivity contribution is 6.58. The van der Waals surface area contributed by atoms with Gasteiger partial charge in [0.1, 0.15) is 6.61 Å². The van der Waals surface area contributed by atoms with E-state index >= 15 is 0 Å². The summed E-state index contributed by atoms with van der Waals surface area (Å²) in [6.07, 6.45) is -0.478. The second-order valence-electron chi connectivity index (χ2n) is 5.07. The van der Waals surface area contributed by atoms with Crippen LogP contribution in [0.15, 0.2) is 24.3 Å². The quantitative estimate of drug-likeness (QED) is 0.679. The van der Waals surface area contributed by atoms with Gasteiger partial charge >= 0.3 is 13.2 Å². The van der Waals surface area contributed by atoms with Gasteiger partial charge in [-0.25, -0.2) is 4.79 Å². The van der Waals surface area contributed by atoms with E-state index in [1.165, 1.54) is 0 Å². The van der Waals surface area contributed by atoms with Crippen LogP contribution in [0.4, 0.5) is 4.79 Å². The van der Waals surface area contributed by atoms with Crippen LogP contribution in [0.2, 0.25) is 0 Å². The number of hydrogen-bond donors (Lipinski definition) is 3. The molecule has 18 heavy (non-hydrogen) atoms. The Hall–Kier alpha value is -1.53. The van der Waals surface area contributed by atoms with Crippen molar-refractivity contribution in [3.05, 3.63) is 29.8 Å². The molecule has 0 aliphatic heterocycles. The summed E-state index contributed by atoms with van der Waals surface area (Å²) in [4.78, 5) is 11.4. The van der Waals surface area contributed by atoms with Crippen LogP contribution in [0.5, 0.6) is 0 Å². The molecule has 6 heteroatoms. The second kappa shape index (κ2) is 5.88. The lowest BCUT2D eigenvalue weighted by Gasteiger charge is -2.19. The first kappa shape index (κ1) is 14.5. The van der Waals surface area contributed by atoms with E-state index in [0.717, 1.165) is 5.56 Å². The molecule has 0 saturated heterocycles. The Bertz CT molecular complexity index is 398. The predicted octanol–water partition coefficient (Wildman–Crippen LogP) is 0.391. The average molecular weight is 251 g/mol. The van der Waals surface area contributed by atoms with Crippen LogP contribution in [-0.4, -0.2) is 28.8 Å². The van der Waals surface area contributed by atoms with E-state index in [1.807, 2.05) is 20.8 Å². The van der Waals surface area contributed by atoms with E-state index < -0.39 is 13.2 Å². The van der Waals surface area contributed by atoms with Crippen molar-refractivity contribution in [2.75, 3.05) is 0 Å². The summed E-state index contributed by atoms with van der Waals surface area (Å²) < 4.78 is 5.03. The zero-order chi connectivity index (χ0) is 13.8. The Kier molecular flexibility index (Phi) is 4.75. The molecule has 0 unspecified atom stereocenters. The first-order chi connectivity index (χ1) is 8.28. The minimum absolute atomic E-state index is 0.143. The number of carbonyl (C=O) groups excluding carboxylic acids is 1. The topological polar surface area (TPSA) is 78.8 Å². The summed E-state index contributed by atoms with van der Waals surface area (Å²) in [5, 5.41) is 20.5. The molecule has 1 rings (SSSR count). The maximum Gasteiger partial charge on any atom is 0.488 e. The van der Waals surface area contributed by atoms with Crippen LogP contribution in [0.1, 0.15) is 26.3 Å². The van der Waals surface area contributed by atoms with Gasteiger partial charge in [-0.05, 0) is 31.8 Å². The highest BCUT2D eigenvalue weighted by Gasteiger charge is 2.14. The van der Waals surface area contributed by atoms with Gasteiger partial charge in [0.2, 0.25) is 0 Å². The molecule has 0 bridgehead atoms. The van der Waals surface area contributed by atoms with Gasteiger partial charge in [-0.3, -0.25) is 0 Å². The minimum atomic E-state index is -1.48. The summed E-state index contributed by atoms with van der Waals surface area (Å²) in [5.74, 6) is 0. The first-order valence-electron chi connectivity index (χ1n) is 5.68. The molecule has 98 valence electrons. The Labute approximate surface area is 107 Å². The molecule has 3 N–H and O–H groups in total. The van der Waals surface area contributed by atoms with Crippen LogP contribution in [0.3, 0.4) is 0 Å². The van der Waals surface area contributed by atoms with Crippen LogP contribution in [0, 0.1) is 0 Å². The van der Waals surface area contributed by atoms with E-state index in [0.29, 0.717) is 5.46 Å². The monoisotopic (exact) mass is 251 g/mol. The molecular formula is C12H18BNO4.